The van der Waals surface area contributed by atoms with E-state index in [0.29, 0.717) is 25.0 Å². The molecular weight excluding hydrogens is 270 g/mol. The number of likely N-dealkylation sites (tertiary alicyclic amines) is 1. The summed E-state index contributed by atoms with van der Waals surface area (Å²) in [5, 5.41) is 18.1. The molecule has 118 valence electrons. The third kappa shape index (κ3) is 3.62. The van der Waals surface area contributed by atoms with Gasteiger partial charge >= 0.3 is 0 Å². The minimum absolute atomic E-state index is 0.0480. The van der Waals surface area contributed by atoms with Crippen molar-refractivity contribution in [1.82, 2.24) is 15.1 Å². The van der Waals surface area contributed by atoms with Crippen LogP contribution in [0.1, 0.15) is 49.8 Å². The summed E-state index contributed by atoms with van der Waals surface area (Å²) >= 11 is 0. The van der Waals surface area contributed by atoms with Gasteiger partial charge in [0.05, 0.1) is 13.2 Å². The fourth-order valence-corrected chi connectivity index (χ4v) is 3.19. The molecule has 2 heterocycles. The first kappa shape index (κ1) is 14.9. The minimum Gasteiger partial charge on any atom is -0.424 e. The van der Waals surface area contributed by atoms with Crippen molar-refractivity contribution in [3.05, 3.63) is 11.8 Å². The predicted octanol–water partition coefficient (Wildman–Crippen LogP) is 1.56. The Morgan fingerprint density at radius 2 is 2.29 bits per heavy atom. The summed E-state index contributed by atoms with van der Waals surface area (Å²) in [6.45, 7) is 3.49. The smallest absolute Gasteiger partial charge is 0.230 e. The third-order valence-electron chi connectivity index (χ3n) is 4.68. The zero-order valence-electron chi connectivity index (χ0n) is 12.8. The zero-order valence-corrected chi connectivity index (χ0v) is 12.8. The molecule has 1 unspecified atom stereocenters. The molecule has 1 atom stereocenters. The van der Waals surface area contributed by atoms with E-state index < -0.39 is 0 Å². The van der Waals surface area contributed by atoms with Gasteiger partial charge in [0.25, 0.3) is 0 Å². The average Bonchev–Trinajstić information content (AvgIpc) is 3.26. The maximum atomic E-state index is 9.80. The molecule has 2 aliphatic rings. The van der Waals surface area contributed by atoms with Crippen molar-refractivity contribution in [2.45, 2.75) is 44.6 Å². The van der Waals surface area contributed by atoms with Gasteiger partial charge in [0.15, 0.2) is 0 Å². The summed E-state index contributed by atoms with van der Waals surface area (Å²) in [7, 11) is 1.71. The molecule has 0 radical (unpaired) electrons. The Labute approximate surface area is 125 Å². The molecule has 6 nitrogen and oxygen atoms in total. The Hall–Kier alpha value is -0.980. The second kappa shape index (κ2) is 6.42. The molecular formula is C15H25N3O3. The normalized spacial score (nSPS) is 27.1. The van der Waals surface area contributed by atoms with Crippen molar-refractivity contribution in [3.63, 3.8) is 0 Å². The lowest BCUT2D eigenvalue weighted by atomic mass is 9.78. The van der Waals surface area contributed by atoms with E-state index in [-0.39, 0.29) is 12.0 Å². The fraction of sp³-hybridized carbons (Fsp3) is 0.867. The van der Waals surface area contributed by atoms with Crippen LogP contribution in [0.5, 0.6) is 0 Å². The number of hydrogen-bond donors (Lipinski definition) is 1. The van der Waals surface area contributed by atoms with Crippen LogP contribution < -0.4 is 0 Å². The van der Waals surface area contributed by atoms with E-state index in [1.807, 2.05) is 0 Å². The van der Waals surface area contributed by atoms with Crippen LogP contribution >= 0.6 is 0 Å². The largest absolute Gasteiger partial charge is 0.424 e. The predicted molar refractivity (Wildman–Crippen MR) is 76.8 cm³/mol. The Morgan fingerprint density at radius 3 is 3.00 bits per heavy atom. The Kier molecular flexibility index (Phi) is 4.57. The summed E-state index contributed by atoms with van der Waals surface area (Å²) in [4.78, 5) is 2.32. The number of aliphatic hydroxyl groups excluding tert-OH is 1. The van der Waals surface area contributed by atoms with Gasteiger partial charge in [-0.25, -0.2) is 0 Å². The molecule has 2 fully saturated rings. The summed E-state index contributed by atoms with van der Waals surface area (Å²) in [6.07, 6.45) is 5.40. The number of nitrogens with zero attached hydrogens (tertiary/aromatic N) is 3. The number of rotatable bonds is 7. The van der Waals surface area contributed by atoms with Crippen molar-refractivity contribution < 1.29 is 14.3 Å². The van der Waals surface area contributed by atoms with Crippen LogP contribution in [-0.4, -0.2) is 53.6 Å². The highest BCUT2D eigenvalue weighted by atomic mass is 16.5. The number of hydrogen-bond acceptors (Lipinski definition) is 6. The Balaban J connectivity index is 1.58. The maximum Gasteiger partial charge on any atom is 0.230 e. The summed E-state index contributed by atoms with van der Waals surface area (Å²) in [5.41, 5.74) is -0.0480. The molecule has 0 bridgehead atoms. The van der Waals surface area contributed by atoms with Crippen LogP contribution in [0.4, 0.5) is 0 Å². The summed E-state index contributed by atoms with van der Waals surface area (Å²) < 4.78 is 10.9. The van der Waals surface area contributed by atoms with Gasteiger partial charge in [-0.15, -0.1) is 10.2 Å². The summed E-state index contributed by atoms with van der Waals surface area (Å²) in [5.74, 6) is 2.01. The quantitative estimate of drug-likeness (QED) is 0.823. The SMILES string of the molecule is COCCC1(CO)CCCN(Cc2nnc(C3CC3)o2)C1. The number of ether oxygens (including phenoxy) is 1. The molecule has 1 aliphatic carbocycles. The topological polar surface area (TPSA) is 71.6 Å². The van der Waals surface area contributed by atoms with E-state index >= 15 is 0 Å². The lowest BCUT2D eigenvalue weighted by Crippen LogP contribution is -2.45. The van der Waals surface area contributed by atoms with E-state index in [1.54, 1.807) is 7.11 Å². The van der Waals surface area contributed by atoms with E-state index in [0.717, 1.165) is 38.2 Å². The molecule has 1 saturated carbocycles. The second-order valence-electron chi connectivity index (χ2n) is 6.52. The monoisotopic (exact) mass is 295 g/mol. The highest BCUT2D eigenvalue weighted by molar-refractivity contribution is 5.00. The van der Waals surface area contributed by atoms with Crippen LogP contribution in [0.15, 0.2) is 4.42 Å². The van der Waals surface area contributed by atoms with Gasteiger partial charge in [0.2, 0.25) is 11.8 Å². The standard InChI is InChI=1S/C15H25N3O3/c1-20-8-6-15(11-19)5-2-7-18(10-15)9-13-16-17-14(21-13)12-3-4-12/h12,19H,2-11H2,1H3. The molecule has 21 heavy (non-hydrogen) atoms. The zero-order chi connectivity index (χ0) is 14.7. The van der Waals surface area contributed by atoms with Crippen molar-refractivity contribution in [2.75, 3.05) is 33.4 Å². The first-order valence-corrected chi connectivity index (χ1v) is 7.89. The molecule has 6 heteroatoms. The Morgan fingerprint density at radius 1 is 1.43 bits per heavy atom. The number of piperidine rings is 1. The molecule has 1 aromatic heterocycles. The lowest BCUT2D eigenvalue weighted by molar-refractivity contribution is 0.00217. The molecule has 1 N–H and O–H groups in total. The van der Waals surface area contributed by atoms with Crippen LogP contribution in [0.3, 0.4) is 0 Å². The van der Waals surface area contributed by atoms with Crippen molar-refractivity contribution in [3.8, 4) is 0 Å². The van der Waals surface area contributed by atoms with Crippen molar-refractivity contribution >= 4 is 0 Å². The van der Waals surface area contributed by atoms with Crippen LogP contribution in [-0.2, 0) is 11.3 Å². The Bertz CT molecular complexity index is 461. The van der Waals surface area contributed by atoms with Crippen LogP contribution in [0.25, 0.3) is 0 Å². The maximum absolute atomic E-state index is 9.80. The molecule has 0 aromatic carbocycles. The first-order chi connectivity index (χ1) is 10.2. The molecule has 1 saturated heterocycles. The van der Waals surface area contributed by atoms with E-state index in [4.69, 9.17) is 9.15 Å². The van der Waals surface area contributed by atoms with Crippen molar-refractivity contribution in [1.29, 1.82) is 0 Å². The van der Waals surface area contributed by atoms with Gasteiger partial charge in [-0.05, 0) is 38.6 Å². The minimum atomic E-state index is -0.0480. The molecule has 1 aromatic rings. The van der Waals surface area contributed by atoms with Gasteiger partial charge in [0, 0.05) is 31.6 Å². The molecule has 3 rings (SSSR count). The van der Waals surface area contributed by atoms with E-state index in [9.17, 15) is 5.11 Å². The third-order valence-corrected chi connectivity index (χ3v) is 4.68. The van der Waals surface area contributed by atoms with E-state index in [1.165, 1.54) is 12.8 Å². The fourth-order valence-electron chi connectivity index (χ4n) is 3.19. The number of aliphatic hydroxyl groups is 1. The van der Waals surface area contributed by atoms with Gasteiger partial charge in [-0.2, -0.15) is 0 Å². The molecule has 0 amide bonds. The van der Waals surface area contributed by atoms with Gasteiger partial charge < -0.3 is 14.3 Å². The molecule has 0 spiro atoms. The molecule has 1 aliphatic heterocycles. The van der Waals surface area contributed by atoms with Gasteiger partial charge in [-0.3, -0.25) is 4.90 Å². The summed E-state index contributed by atoms with van der Waals surface area (Å²) in [6, 6.07) is 0. The average molecular weight is 295 g/mol. The number of aromatic nitrogens is 2. The van der Waals surface area contributed by atoms with E-state index in [2.05, 4.69) is 15.1 Å². The van der Waals surface area contributed by atoms with Gasteiger partial charge in [-0.1, -0.05) is 0 Å². The van der Waals surface area contributed by atoms with Crippen LogP contribution in [0, 0.1) is 5.41 Å². The van der Waals surface area contributed by atoms with Crippen LogP contribution in [0.2, 0.25) is 0 Å². The highest BCUT2D eigenvalue weighted by Crippen LogP contribution is 2.39. The number of methoxy groups -OCH3 is 1. The first-order valence-electron chi connectivity index (χ1n) is 7.89. The lowest BCUT2D eigenvalue weighted by Gasteiger charge is -2.41. The highest BCUT2D eigenvalue weighted by Gasteiger charge is 2.35. The van der Waals surface area contributed by atoms with Gasteiger partial charge in [0.1, 0.15) is 0 Å². The second-order valence-corrected chi connectivity index (χ2v) is 6.52. The van der Waals surface area contributed by atoms with Crippen molar-refractivity contribution in [2.24, 2.45) is 5.41 Å².